The number of hydrogen-bond donors (Lipinski definition) is 0. The number of thiophene rings is 1. The molecule has 0 aromatic carbocycles. The van der Waals surface area contributed by atoms with Crippen molar-refractivity contribution in [3.8, 4) is 11.3 Å². The Balaban J connectivity index is 1.58. The van der Waals surface area contributed by atoms with Crippen LogP contribution >= 0.6 is 11.3 Å². The van der Waals surface area contributed by atoms with E-state index in [9.17, 15) is 8.42 Å². The lowest BCUT2D eigenvalue weighted by Gasteiger charge is -2.39. The molecule has 0 amide bonds. The molecule has 0 N–H and O–H groups in total. The summed E-state index contributed by atoms with van der Waals surface area (Å²) in [5.41, 5.74) is 1.44. The fraction of sp³-hybridized carbons (Fsp3) is 0.650. The number of aromatic nitrogens is 1. The third-order valence-corrected chi connectivity index (χ3v) is 9.23. The molecule has 2 aromatic rings. The SMILES string of the molecule is Cc1cc(-c2c(C)sc(C)c2S(=O)(=O)N2CCC(N3CCCCC3)CC2)on1. The van der Waals surface area contributed by atoms with E-state index in [1.54, 1.807) is 4.31 Å². The predicted octanol–water partition coefficient (Wildman–Crippen LogP) is 3.97. The zero-order valence-corrected chi connectivity index (χ0v) is 18.5. The Morgan fingerprint density at radius 1 is 1.04 bits per heavy atom. The first kappa shape index (κ1) is 20.1. The number of hydrogen-bond acceptors (Lipinski definition) is 6. The lowest BCUT2D eigenvalue weighted by atomic mass is 10.0. The molecule has 2 saturated heterocycles. The maximum Gasteiger partial charge on any atom is 0.244 e. The van der Waals surface area contributed by atoms with E-state index in [0.717, 1.165) is 41.4 Å². The summed E-state index contributed by atoms with van der Waals surface area (Å²) < 4.78 is 34.2. The Morgan fingerprint density at radius 2 is 1.71 bits per heavy atom. The molecule has 2 aliphatic rings. The maximum atomic E-state index is 13.6. The van der Waals surface area contributed by atoms with Gasteiger partial charge in [-0.15, -0.1) is 11.3 Å². The van der Waals surface area contributed by atoms with Crippen LogP contribution in [0.1, 0.15) is 47.6 Å². The van der Waals surface area contributed by atoms with Crippen LogP contribution in [0.15, 0.2) is 15.5 Å². The van der Waals surface area contributed by atoms with Crippen molar-refractivity contribution in [3.63, 3.8) is 0 Å². The lowest BCUT2D eigenvalue weighted by molar-refractivity contribution is 0.118. The molecule has 0 spiro atoms. The molecule has 2 aliphatic heterocycles. The summed E-state index contributed by atoms with van der Waals surface area (Å²) in [5.74, 6) is 0.543. The average molecular weight is 424 g/mol. The molecule has 0 bridgehead atoms. The third-order valence-electron chi connectivity index (χ3n) is 6.01. The minimum Gasteiger partial charge on any atom is -0.356 e. The monoisotopic (exact) mass is 423 g/mol. The molecular formula is C20H29N3O3S2. The summed E-state index contributed by atoms with van der Waals surface area (Å²) in [6, 6.07) is 2.34. The number of rotatable bonds is 4. The number of nitrogens with zero attached hydrogens (tertiary/aromatic N) is 3. The summed E-state index contributed by atoms with van der Waals surface area (Å²) in [6.45, 7) is 9.19. The first-order valence-electron chi connectivity index (χ1n) is 10.2. The van der Waals surface area contributed by atoms with E-state index in [0.29, 0.717) is 35.4 Å². The second kappa shape index (κ2) is 7.89. The van der Waals surface area contributed by atoms with Crippen molar-refractivity contribution in [1.29, 1.82) is 0 Å². The van der Waals surface area contributed by atoms with E-state index in [1.165, 1.54) is 30.6 Å². The van der Waals surface area contributed by atoms with Gasteiger partial charge in [-0.3, -0.25) is 0 Å². The van der Waals surface area contributed by atoms with E-state index in [1.807, 2.05) is 26.8 Å². The Bertz CT molecular complexity index is 934. The van der Waals surface area contributed by atoms with Gasteiger partial charge < -0.3 is 9.42 Å². The van der Waals surface area contributed by atoms with Crippen molar-refractivity contribution in [3.05, 3.63) is 21.5 Å². The van der Waals surface area contributed by atoms with Crippen molar-refractivity contribution in [2.45, 2.75) is 63.8 Å². The van der Waals surface area contributed by atoms with E-state index in [-0.39, 0.29) is 0 Å². The van der Waals surface area contributed by atoms with Gasteiger partial charge in [0, 0.05) is 35.0 Å². The largest absolute Gasteiger partial charge is 0.356 e. The van der Waals surface area contributed by atoms with Gasteiger partial charge in [0.05, 0.1) is 11.3 Å². The molecule has 0 radical (unpaired) electrons. The number of likely N-dealkylation sites (tertiary alicyclic amines) is 1. The molecule has 2 fully saturated rings. The third kappa shape index (κ3) is 3.67. The number of sulfonamides is 1. The minimum atomic E-state index is -3.56. The highest BCUT2D eigenvalue weighted by Crippen LogP contribution is 2.41. The van der Waals surface area contributed by atoms with Crippen molar-refractivity contribution >= 4 is 21.4 Å². The van der Waals surface area contributed by atoms with Crippen LogP contribution in [0.5, 0.6) is 0 Å². The Hall–Kier alpha value is -1.22. The minimum absolute atomic E-state index is 0.405. The van der Waals surface area contributed by atoms with Gasteiger partial charge >= 0.3 is 0 Å². The van der Waals surface area contributed by atoms with Crippen molar-refractivity contribution in [1.82, 2.24) is 14.4 Å². The highest BCUT2D eigenvalue weighted by molar-refractivity contribution is 7.89. The summed E-state index contributed by atoms with van der Waals surface area (Å²) in [6.07, 6.45) is 5.69. The average Bonchev–Trinajstić information content (AvgIpc) is 3.24. The fourth-order valence-electron chi connectivity index (χ4n) is 4.60. The molecule has 4 heterocycles. The van der Waals surface area contributed by atoms with Crippen LogP contribution < -0.4 is 0 Å². The van der Waals surface area contributed by atoms with Gasteiger partial charge in [-0.25, -0.2) is 8.42 Å². The molecule has 2 aromatic heterocycles. The van der Waals surface area contributed by atoms with E-state index in [2.05, 4.69) is 10.1 Å². The van der Waals surface area contributed by atoms with Gasteiger partial charge in [0.2, 0.25) is 10.0 Å². The molecule has 0 aliphatic carbocycles. The second-order valence-electron chi connectivity index (χ2n) is 7.98. The zero-order valence-electron chi connectivity index (χ0n) is 16.9. The van der Waals surface area contributed by atoms with E-state index < -0.39 is 10.0 Å². The molecule has 0 saturated carbocycles. The van der Waals surface area contributed by atoms with Crippen molar-refractivity contribution in [2.75, 3.05) is 26.2 Å². The molecule has 8 heteroatoms. The predicted molar refractivity (Wildman–Crippen MR) is 111 cm³/mol. The highest BCUT2D eigenvalue weighted by atomic mass is 32.2. The van der Waals surface area contributed by atoms with Crippen LogP contribution in [0.25, 0.3) is 11.3 Å². The first-order valence-corrected chi connectivity index (χ1v) is 12.4. The van der Waals surface area contributed by atoms with Crippen molar-refractivity contribution < 1.29 is 12.9 Å². The topological polar surface area (TPSA) is 66.7 Å². The highest BCUT2D eigenvalue weighted by Gasteiger charge is 2.36. The smallest absolute Gasteiger partial charge is 0.244 e. The van der Waals surface area contributed by atoms with Crippen LogP contribution in [0.3, 0.4) is 0 Å². The summed E-state index contributed by atoms with van der Waals surface area (Å²) in [5, 5.41) is 3.96. The second-order valence-corrected chi connectivity index (χ2v) is 11.3. The van der Waals surface area contributed by atoms with Crippen LogP contribution in [-0.2, 0) is 10.0 Å². The molecule has 0 atom stereocenters. The lowest BCUT2D eigenvalue weighted by Crippen LogP contribution is -2.48. The summed E-state index contributed by atoms with van der Waals surface area (Å²) in [7, 11) is -3.56. The van der Waals surface area contributed by atoms with Crippen molar-refractivity contribution in [2.24, 2.45) is 0 Å². The quantitative estimate of drug-likeness (QED) is 0.744. The Morgan fingerprint density at radius 3 is 2.32 bits per heavy atom. The van der Waals surface area contributed by atoms with E-state index in [4.69, 9.17) is 4.52 Å². The normalized spacial score (nSPS) is 20.7. The van der Waals surface area contributed by atoms with Gasteiger partial charge in [0.15, 0.2) is 5.76 Å². The zero-order chi connectivity index (χ0) is 19.9. The van der Waals surface area contributed by atoms with Crippen LogP contribution in [0.2, 0.25) is 0 Å². The van der Waals surface area contributed by atoms with Gasteiger partial charge in [0.1, 0.15) is 4.90 Å². The maximum absolute atomic E-state index is 13.6. The van der Waals surface area contributed by atoms with Crippen LogP contribution in [0.4, 0.5) is 0 Å². The Kier molecular flexibility index (Phi) is 5.66. The molecule has 154 valence electrons. The van der Waals surface area contributed by atoms with E-state index >= 15 is 0 Å². The number of aryl methyl sites for hydroxylation is 3. The van der Waals surface area contributed by atoms with Gasteiger partial charge in [-0.1, -0.05) is 11.6 Å². The fourth-order valence-corrected chi connectivity index (χ4v) is 7.89. The molecule has 28 heavy (non-hydrogen) atoms. The first-order chi connectivity index (χ1) is 13.4. The molecule has 4 rings (SSSR count). The number of piperidine rings is 2. The van der Waals surface area contributed by atoms with Gasteiger partial charge in [-0.2, -0.15) is 4.31 Å². The van der Waals surface area contributed by atoms with Crippen LogP contribution in [0, 0.1) is 20.8 Å². The standard InChI is InChI=1S/C20H29N3O3S2/c1-14-13-18(26-21-14)19-15(2)27-16(3)20(19)28(24,25)23-11-7-17(8-12-23)22-9-5-4-6-10-22/h13,17H,4-12H2,1-3H3. The molecule has 6 nitrogen and oxygen atoms in total. The summed E-state index contributed by atoms with van der Waals surface area (Å²) in [4.78, 5) is 4.74. The molecule has 0 unspecified atom stereocenters. The van der Waals surface area contributed by atoms with Crippen LogP contribution in [-0.4, -0.2) is 55.0 Å². The molecular weight excluding hydrogens is 394 g/mol. The summed E-state index contributed by atoms with van der Waals surface area (Å²) >= 11 is 1.51. The Labute approximate surface area is 171 Å². The van der Waals surface area contributed by atoms with Gasteiger partial charge in [-0.05, 0) is 59.5 Å². The van der Waals surface area contributed by atoms with Gasteiger partial charge in [0.25, 0.3) is 0 Å².